The molecule has 0 aliphatic carbocycles. The van der Waals surface area contributed by atoms with Crippen molar-refractivity contribution in [2.24, 2.45) is 12.8 Å². The Bertz CT molecular complexity index is 487. The number of thiophene rings is 1. The van der Waals surface area contributed by atoms with E-state index in [2.05, 4.69) is 39.4 Å². The van der Waals surface area contributed by atoms with Crippen molar-refractivity contribution in [2.75, 3.05) is 0 Å². The van der Waals surface area contributed by atoms with Gasteiger partial charge >= 0.3 is 0 Å². The summed E-state index contributed by atoms with van der Waals surface area (Å²) in [6, 6.07) is 2.11. The molecule has 2 N–H and O–H groups in total. The quantitative estimate of drug-likeness (QED) is 0.922. The zero-order valence-corrected chi connectivity index (χ0v) is 11.0. The van der Waals surface area contributed by atoms with Gasteiger partial charge in [0.2, 0.25) is 0 Å². The molecule has 0 unspecified atom stereocenters. The van der Waals surface area contributed by atoms with Crippen LogP contribution in [-0.2, 0) is 13.6 Å². The number of hydrogen-bond donors (Lipinski definition) is 1. The van der Waals surface area contributed by atoms with Gasteiger partial charge in [-0.2, -0.15) is 5.10 Å². The van der Waals surface area contributed by atoms with Crippen molar-refractivity contribution in [1.29, 1.82) is 0 Å². The number of aryl methyl sites for hydroxylation is 1. The summed E-state index contributed by atoms with van der Waals surface area (Å²) < 4.78 is 3.01. The van der Waals surface area contributed by atoms with Gasteiger partial charge in [0.05, 0.1) is 16.3 Å². The minimum Gasteiger partial charge on any atom is -0.325 e. The van der Waals surface area contributed by atoms with Crippen LogP contribution in [0.5, 0.6) is 0 Å². The van der Waals surface area contributed by atoms with E-state index in [4.69, 9.17) is 5.73 Å². The van der Waals surface area contributed by atoms with Crippen LogP contribution in [0.15, 0.2) is 15.9 Å². The Kier molecular flexibility index (Phi) is 2.95. The highest BCUT2D eigenvalue weighted by molar-refractivity contribution is 9.10. The smallest absolute Gasteiger partial charge is 0.0811 e. The number of halogens is 1. The van der Waals surface area contributed by atoms with Crippen molar-refractivity contribution in [3.05, 3.63) is 27.2 Å². The zero-order valence-electron chi connectivity index (χ0n) is 8.62. The number of aromatic nitrogens is 2. The fourth-order valence-corrected chi connectivity index (χ4v) is 3.22. The number of hydrogen-bond acceptors (Lipinski definition) is 3. The molecule has 0 spiro atoms. The molecular formula is C10H12BrN3S. The Hall–Kier alpha value is -0.650. The van der Waals surface area contributed by atoms with Gasteiger partial charge in [-0.25, -0.2) is 0 Å². The van der Waals surface area contributed by atoms with Crippen LogP contribution >= 0.6 is 27.3 Å². The van der Waals surface area contributed by atoms with Gasteiger partial charge in [-0.1, -0.05) is 0 Å². The molecule has 0 atom stereocenters. The van der Waals surface area contributed by atoms with Crippen LogP contribution in [-0.4, -0.2) is 9.78 Å². The first-order valence-corrected chi connectivity index (χ1v) is 6.27. The lowest BCUT2D eigenvalue weighted by Gasteiger charge is -1.99. The summed E-state index contributed by atoms with van der Waals surface area (Å²) in [6.07, 6.45) is 0. The second-order valence-corrected chi connectivity index (χ2v) is 5.20. The minimum atomic E-state index is 0.492. The van der Waals surface area contributed by atoms with Gasteiger partial charge < -0.3 is 5.73 Å². The highest BCUT2D eigenvalue weighted by atomic mass is 79.9. The van der Waals surface area contributed by atoms with E-state index in [1.165, 1.54) is 10.4 Å². The Morgan fingerprint density at radius 2 is 2.33 bits per heavy atom. The molecule has 2 aromatic heterocycles. The van der Waals surface area contributed by atoms with E-state index in [1.807, 2.05) is 11.7 Å². The third kappa shape index (κ3) is 1.87. The Balaban J connectivity index is 2.57. The molecule has 2 aromatic rings. The van der Waals surface area contributed by atoms with Gasteiger partial charge in [-0.15, -0.1) is 11.3 Å². The maximum Gasteiger partial charge on any atom is 0.0811 e. The molecule has 5 heteroatoms. The van der Waals surface area contributed by atoms with E-state index in [0.717, 1.165) is 15.9 Å². The maximum atomic E-state index is 5.63. The molecule has 80 valence electrons. The predicted molar refractivity (Wildman–Crippen MR) is 66.8 cm³/mol. The van der Waals surface area contributed by atoms with Crippen LogP contribution in [0.3, 0.4) is 0 Å². The maximum absolute atomic E-state index is 5.63. The van der Waals surface area contributed by atoms with Crippen LogP contribution in [0, 0.1) is 6.92 Å². The number of rotatable bonds is 2. The summed E-state index contributed by atoms with van der Waals surface area (Å²) in [6.45, 7) is 2.56. The Morgan fingerprint density at radius 1 is 1.60 bits per heavy atom. The van der Waals surface area contributed by atoms with Crippen molar-refractivity contribution in [3.8, 4) is 10.6 Å². The molecule has 0 saturated heterocycles. The lowest BCUT2D eigenvalue weighted by atomic mass is 10.2. The molecule has 0 fully saturated rings. The molecule has 0 amide bonds. The van der Waals surface area contributed by atoms with E-state index in [0.29, 0.717) is 6.54 Å². The summed E-state index contributed by atoms with van der Waals surface area (Å²) in [4.78, 5) is 1.22. The topological polar surface area (TPSA) is 43.8 Å². The minimum absolute atomic E-state index is 0.492. The average Bonchev–Trinajstić information content (AvgIpc) is 2.71. The SMILES string of the molecule is Cc1c(CN)nn(C)c1-c1cc(Br)cs1. The van der Waals surface area contributed by atoms with Gasteiger partial charge in [0, 0.05) is 29.0 Å². The molecule has 3 nitrogen and oxygen atoms in total. The van der Waals surface area contributed by atoms with Gasteiger partial charge in [0.1, 0.15) is 0 Å². The summed E-state index contributed by atoms with van der Waals surface area (Å²) in [5, 5.41) is 6.47. The van der Waals surface area contributed by atoms with E-state index in [1.54, 1.807) is 11.3 Å². The number of nitrogens with zero attached hydrogens (tertiary/aromatic N) is 2. The van der Waals surface area contributed by atoms with Crippen molar-refractivity contribution in [1.82, 2.24) is 9.78 Å². The van der Waals surface area contributed by atoms with Crippen LogP contribution in [0.25, 0.3) is 10.6 Å². The van der Waals surface area contributed by atoms with Gasteiger partial charge in [-0.05, 0) is 28.9 Å². The van der Waals surface area contributed by atoms with Gasteiger partial charge in [0.15, 0.2) is 0 Å². The highest BCUT2D eigenvalue weighted by Crippen LogP contribution is 2.32. The molecule has 2 heterocycles. The van der Waals surface area contributed by atoms with Crippen molar-refractivity contribution in [2.45, 2.75) is 13.5 Å². The molecule has 15 heavy (non-hydrogen) atoms. The van der Waals surface area contributed by atoms with Crippen LogP contribution in [0.2, 0.25) is 0 Å². The van der Waals surface area contributed by atoms with Crippen molar-refractivity contribution < 1.29 is 0 Å². The summed E-state index contributed by atoms with van der Waals surface area (Å²) >= 11 is 5.16. The standard InChI is InChI=1S/C10H12BrN3S/c1-6-8(4-12)13-14(2)10(6)9-3-7(11)5-15-9/h3,5H,4,12H2,1-2H3. The van der Waals surface area contributed by atoms with Crippen LogP contribution in [0.1, 0.15) is 11.3 Å². The fraction of sp³-hybridized carbons (Fsp3) is 0.300. The van der Waals surface area contributed by atoms with E-state index >= 15 is 0 Å². The van der Waals surface area contributed by atoms with E-state index in [-0.39, 0.29) is 0 Å². The van der Waals surface area contributed by atoms with Crippen molar-refractivity contribution >= 4 is 27.3 Å². The summed E-state index contributed by atoms with van der Waals surface area (Å²) in [5.41, 5.74) is 8.94. The fourth-order valence-electron chi connectivity index (χ4n) is 1.66. The lowest BCUT2D eigenvalue weighted by Crippen LogP contribution is -1.99. The third-order valence-electron chi connectivity index (χ3n) is 2.38. The zero-order chi connectivity index (χ0) is 11.0. The third-order valence-corrected chi connectivity index (χ3v) is 4.07. The first-order chi connectivity index (χ1) is 7.13. The highest BCUT2D eigenvalue weighted by Gasteiger charge is 2.14. The monoisotopic (exact) mass is 285 g/mol. The molecule has 0 aliphatic heterocycles. The van der Waals surface area contributed by atoms with Crippen LogP contribution in [0.4, 0.5) is 0 Å². The first-order valence-electron chi connectivity index (χ1n) is 4.60. The van der Waals surface area contributed by atoms with Gasteiger partial charge in [0.25, 0.3) is 0 Å². The second kappa shape index (κ2) is 4.08. The largest absolute Gasteiger partial charge is 0.325 e. The Morgan fingerprint density at radius 3 is 2.80 bits per heavy atom. The average molecular weight is 286 g/mol. The normalized spacial score (nSPS) is 10.9. The molecule has 0 aromatic carbocycles. The molecule has 0 aliphatic rings. The number of nitrogens with two attached hydrogens (primary N) is 1. The van der Waals surface area contributed by atoms with Crippen LogP contribution < -0.4 is 5.73 Å². The molecule has 0 bridgehead atoms. The lowest BCUT2D eigenvalue weighted by molar-refractivity contribution is 0.750. The summed E-state index contributed by atoms with van der Waals surface area (Å²) in [5.74, 6) is 0. The predicted octanol–water partition coefficient (Wildman–Crippen LogP) is 2.68. The molecule has 0 saturated carbocycles. The van der Waals surface area contributed by atoms with Crippen molar-refractivity contribution in [3.63, 3.8) is 0 Å². The Labute approximate surface area is 101 Å². The molecule has 0 radical (unpaired) electrons. The first kappa shape index (κ1) is 10.9. The molecule has 2 rings (SSSR count). The second-order valence-electron chi connectivity index (χ2n) is 3.38. The summed E-state index contributed by atoms with van der Waals surface area (Å²) in [7, 11) is 1.95. The van der Waals surface area contributed by atoms with E-state index in [9.17, 15) is 0 Å². The molecular weight excluding hydrogens is 274 g/mol. The van der Waals surface area contributed by atoms with Gasteiger partial charge in [-0.3, -0.25) is 4.68 Å². The van der Waals surface area contributed by atoms with E-state index < -0.39 is 0 Å².